The van der Waals surface area contributed by atoms with E-state index in [0.717, 1.165) is 11.1 Å². The van der Waals surface area contributed by atoms with E-state index in [4.69, 9.17) is 9.26 Å². The number of rotatable bonds is 3. The number of ether oxygens (including phenoxy) is 1. The zero-order valence-electron chi connectivity index (χ0n) is 11.9. The van der Waals surface area contributed by atoms with Gasteiger partial charge in [0.05, 0.1) is 0 Å². The van der Waals surface area contributed by atoms with Gasteiger partial charge in [0.1, 0.15) is 5.75 Å². The Labute approximate surface area is 127 Å². The van der Waals surface area contributed by atoms with Crippen LogP contribution in [0.4, 0.5) is 10.6 Å². The summed E-state index contributed by atoms with van der Waals surface area (Å²) in [7, 11) is 0. The van der Waals surface area contributed by atoms with Crippen molar-refractivity contribution in [1.82, 2.24) is 5.16 Å². The molecule has 1 heterocycles. The SMILES string of the molecule is Cc1ccc(-c2cc(NC(=O)Oc3ccccc3)no2)cc1. The van der Waals surface area contributed by atoms with Gasteiger partial charge < -0.3 is 9.26 Å². The minimum Gasteiger partial charge on any atom is -0.410 e. The van der Waals surface area contributed by atoms with Gasteiger partial charge >= 0.3 is 6.09 Å². The van der Waals surface area contributed by atoms with Crippen LogP contribution in [0.1, 0.15) is 5.56 Å². The van der Waals surface area contributed by atoms with Crippen molar-refractivity contribution >= 4 is 11.9 Å². The van der Waals surface area contributed by atoms with Crippen molar-refractivity contribution in [2.75, 3.05) is 5.32 Å². The number of aromatic nitrogens is 1. The highest BCUT2D eigenvalue weighted by Crippen LogP contribution is 2.23. The molecule has 0 saturated heterocycles. The summed E-state index contributed by atoms with van der Waals surface area (Å²) in [5, 5.41) is 6.34. The molecule has 0 aliphatic heterocycles. The van der Waals surface area contributed by atoms with Crippen LogP contribution in [0, 0.1) is 6.92 Å². The standard InChI is InChI=1S/C17H14N2O3/c1-12-7-9-13(10-8-12)15-11-16(19-22-15)18-17(20)21-14-5-3-2-4-6-14/h2-11H,1H3,(H,18,19,20). The lowest BCUT2D eigenvalue weighted by atomic mass is 10.1. The maximum atomic E-state index is 11.8. The molecule has 1 aromatic heterocycles. The van der Waals surface area contributed by atoms with Gasteiger partial charge in [-0.2, -0.15) is 0 Å². The summed E-state index contributed by atoms with van der Waals surface area (Å²) < 4.78 is 10.3. The van der Waals surface area contributed by atoms with E-state index < -0.39 is 6.09 Å². The van der Waals surface area contributed by atoms with Crippen LogP contribution in [0.15, 0.2) is 65.2 Å². The first-order chi connectivity index (χ1) is 10.7. The van der Waals surface area contributed by atoms with E-state index in [1.807, 2.05) is 37.3 Å². The second-order valence-electron chi connectivity index (χ2n) is 4.77. The number of carbonyl (C=O) groups is 1. The Bertz CT molecular complexity index is 764. The zero-order chi connectivity index (χ0) is 15.4. The van der Waals surface area contributed by atoms with Gasteiger partial charge in [0.2, 0.25) is 0 Å². The summed E-state index contributed by atoms with van der Waals surface area (Å²) in [5.74, 6) is 1.34. The molecule has 0 bridgehead atoms. The van der Waals surface area contributed by atoms with E-state index in [-0.39, 0.29) is 0 Å². The summed E-state index contributed by atoms with van der Waals surface area (Å²) in [6, 6.07) is 18.3. The van der Waals surface area contributed by atoms with Crippen molar-refractivity contribution < 1.29 is 14.1 Å². The van der Waals surface area contributed by atoms with Crippen molar-refractivity contribution in [3.05, 3.63) is 66.2 Å². The first kappa shape index (κ1) is 13.9. The van der Waals surface area contributed by atoms with Gasteiger partial charge in [-0.1, -0.05) is 53.2 Å². The molecule has 0 atom stereocenters. The fourth-order valence-corrected chi connectivity index (χ4v) is 1.91. The molecule has 1 N–H and O–H groups in total. The fraction of sp³-hybridized carbons (Fsp3) is 0.0588. The van der Waals surface area contributed by atoms with Gasteiger partial charge in [-0.25, -0.2) is 4.79 Å². The first-order valence-corrected chi connectivity index (χ1v) is 6.78. The Morgan fingerprint density at radius 3 is 2.55 bits per heavy atom. The highest BCUT2D eigenvalue weighted by molar-refractivity contribution is 5.85. The number of para-hydroxylation sites is 1. The Morgan fingerprint density at radius 2 is 1.82 bits per heavy atom. The number of benzene rings is 2. The monoisotopic (exact) mass is 294 g/mol. The Balaban J connectivity index is 1.66. The van der Waals surface area contributed by atoms with Crippen molar-refractivity contribution in [2.24, 2.45) is 0 Å². The topological polar surface area (TPSA) is 64.4 Å². The lowest BCUT2D eigenvalue weighted by Gasteiger charge is -2.02. The van der Waals surface area contributed by atoms with E-state index >= 15 is 0 Å². The van der Waals surface area contributed by atoms with E-state index in [0.29, 0.717) is 17.3 Å². The molecule has 0 radical (unpaired) electrons. The molecule has 0 aliphatic rings. The minimum atomic E-state index is -0.616. The smallest absolute Gasteiger partial charge is 0.410 e. The molecule has 1 amide bonds. The molecule has 2 aromatic carbocycles. The first-order valence-electron chi connectivity index (χ1n) is 6.78. The number of aryl methyl sites for hydroxylation is 1. The number of carbonyl (C=O) groups excluding carboxylic acids is 1. The normalized spacial score (nSPS) is 10.2. The van der Waals surface area contributed by atoms with Gasteiger partial charge in [0.15, 0.2) is 11.6 Å². The second-order valence-corrected chi connectivity index (χ2v) is 4.77. The summed E-state index contributed by atoms with van der Waals surface area (Å²) in [6.07, 6.45) is -0.616. The molecule has 0 saturated carbocycles. The molecule has 0 unspecified atom stereocenters. The van der Waals surface area contributed by atoms with E-state index in [1.54, 1.807) is 30.3 Å². The molecule has 0 fully saturated rings. The molecule has 0 spiro atoms. The molecule has 3 aromatic rings. The van der Waals surface area contributed by atoms with E-state index in [2.05, 4.69) is 10.5 Å². The second kappa shape index (κ2) is 6.13. The van der Waals surface area contributed by atoms with Gasteiger partial charge in [-0.15, -0.1) is 0 Å². The molecular weight excluding hydrogens is 280 g/mol. The summed E-state index contributed by atoms with van der Waals surface area (Å²) >= 11 is 0. The number of anilines is 1. The van der Waals surface area contributed by atoms with Crippen LogP contribution in [0.2, 0.25) is 0 Å². The Hall–Kier alpha value is -3.08. The largest absolute Gasteiger partial charge is 0.418 e. The third-order valence-electron chi connectivity index (χ3n) is 3.03. The zero-order valence-corrected chi connectivity index (χ0v) is 11.9. The molecule has 3 rings (SSSR count). The predicted molar refractivity (Wildman–Crippen MR) is 82.8 cm³/mol. The van der Waals surface area contributed by atoms with Gasteiger partial charge in [-0.3, -0.25) is 5.32 Å². The summed E-state index contributed by atoms with van der Waals surface area (Å²) in [4.78, 5) is 11.8. The van der Waals surface area contributed by atoms with Gasteiger partial charge in [-0.05, 0) is 19.1 Å². The highest BCUT2D eigenvalue weighted by Gasteiger charge is 2.10. The fourth-order valence-electron chi connectivity index (χ4n) is 1.91. The quantitative estimate of drug-likeness (QED) is 0.783. The average Bonchev–Trinajstić information content (AvgIpc) is 2.97. The number of nitrogens with one attached hydrogen (secondary N) is 1. The Morgan fingerprint density at radius 1 is 1.09 bits per heavy atom. The van der Waals surface area contributed by atoms with Gasteiger partial charge in [0.25, 0.3) is 0 Å². The van der Waals surface area contributed by atoms with Crippen LogP contribution < -0.4 is 10.1 Å². The van der Waals surface area contributed by atoms with Crippen LogP contribution in [-0.2, 0) is 0 Å². The van der Waals surface area contributed by atoms with Crippen LogP contribution in [0.3, 0.4) is 0 Å². The number of hydrogen-bond donors (Lipinski definition) is 1. The van der Waals surface area contributed by atoms with Crippen molar-refractivity contribution in [1.29, 1.82) is 0 Å². The molecule has 0 aliphatic carbocycles. The molecule has 5 heteroatoms. The lowest BCUT2D eigenvalue weighted by Crippen LogP contribution is -2.16. The highest BCUT2D eigenvalue weighted by atomic mass is 16.6. The summed E-state index contributed by atoms with van der Waals surface area (Å²) in [5.41, 5.74) is 2.05. The van der Waals surface area contributed by atoms with Crippen LogP contribution in [0.25, 0.3) is 11.3 Å². The summed E-state index contributed by atoms with van der Waals surface area (Å²) in [6.45, 7) is 2.01. The maximum absolute atomic E-state index is 11.8. The van der Waals surface area contributed by atoms with Crippen molar-refractivity contribution in [3.63, 3.8) is 0 Å². The van der Waals surface area contributed by atoms with Gasteiger partial charge in [0, 0.05) is 11.6 Å². The van der Waals surface area contributed by atoms with Crippen molar-refractivity contribution in [2.45, 2.75) is 6.92 Å². The number of amides is 1. The minimum absolute atomic E-state index is 0.302. The van der Waals surface area contributed by atoms with E-state index in [1.165, 1.54) is 0 Å². The molecular formula is C17H14N2O3. The molecule has 110 valence electrons. The number of hydrogen-bond acceptors (Lipinski definition) is 4. The van der Waals surface area contributed by atoms with E-state index in [9.17, 15) is 4.79 Å². The molecule has 5 nitrogen and oxygen atoms in total. The Kier molecular flexibility index (Phi) is 3.87. The van der Waals surface area contributed by atoms with Crippen molar-refractivity contribution in [3.8, 4) is 17.1 Å². The van der Waals surface area contributed by atoms with Crippen LogP contribution in [-0.4, -0.2) is 11.2 Å². The third kappa shape index (κ3) is 3.32. The van der Waals surface area contributed by atoms with Crippen LogP contribution >= 0.6 is 0 Å². The average molecular weight is 294 g/mol. The molecule has 22 heavy (non-hydrogen) atoms. The van der Waals surface area contributed by atoms with Crippen LogP contribution in [0.5, 0.6) is 5.75 Å². The predicted octanol–water partition coefficient (Wildman–Crippen LogP) is 4.26. The number of nitrogens with zero attached hydrogens (tertiary/aromatic N) is 1. The maximum Gasteiger partial charge on any atom is 0.418 e. The third-order valence-corrected chi connectivity index (χ3v) is 3.03. The lowest BCUT2D eigenvalue weighted by molar-refractivity contribution is 0.215.